The second-order valence-electron chi connectivity index (χ2n) is 3.15. The normalized spacial score (nSPS) is 10.6. The molecule has 0 radical (unpaired) electrons. The van der Waals surface area contributed by atoms with Gasteiger partial charge >= 0.3 is 0 Å². The minimum atomic E-state index is 0.239. The number of hydrogen-bond acceptors (Lipinski definition) is 8. The maximum Gasteiger partial charge on any atom is 0.260 e. The molecule has 0 amide bonds. The summed E-state index contributed by atoms with van der Waals surface area (Å²) in [5.41, 5.74) is 5.38. The number of nitrogens with one attached hydrogen (secondary N) is 2. The van der Waals surface area contributed by atoms with Gasteiger partial charge in [-0.1, -0.05) is 5.21 Å². The van der Waals surface area contributed by atoms with Gasteiger partial charge in [0.05, 0.1) is 0 Å². The summed E-state index contributed by atoms with van der Waals surface area (Å²) in [4.78, 5) is 3.89. The highest BCUT2D eigenvalue weighted by molar-refractivity contribution is 5.31. The molecule has 0 saturated heterocycles. The Hall–Kier alpha value is -2.23. The van der Waals surface area contributed by atoms with Crippen molar-refractivity contribution in [1.29, 1.82) is 0 Å². The van der Waals surface area contributed by atoms with Gasteiger partial charge in [-0.3, -0.25) is 5.01 Å². The highest BCUT2D eigenvalue weighted by Gasteiger charge is 2.07. The molecule has 0 aliphatic rings. The Balaban J connectivity index is 1.78. The Morgan fingerprint density at radius 2 is 2.19 bits per heavy atom. The van der Waals surface area contributed by atoms with Gasteiger partial charge in [0.25, 0.3) is 5.95 Å². The van der Waals surface area contributed by atoms with E-state index in [0.717, 1.165) is 6.42 Å². The number of nitrogen functional groups attached to an aromatic ring is 1. The number of anilines is 2. The molecule has 16 heavy (non-hydrogen) atoms. The lowest BCUT2D eigenvalue weighted by atomic mass is 10.3. The van der Waals surface area contributed by atoms with Crippen LogP contribution in [-0.4, -0.2) is 42.4 Å². The number of H-pyrrole nitrogens is 2. The van der Waals surface area contributed by atoms with E-state index in [0.29, 0.717) is 24.7 Å². The molecule has 0 aliphatic carbocycles. The van der Waals surface area contributed by atoms with Crippen LogP contribution < -0.4 is 16.6 Å². The number of hydrazine groups is 1. The van der Waals surface area contributed by atoms with Crippen LogP contribution in [0.4, 0.5) is 11.9 Å². The zero-order chi connectivity index (χ0) is 11.4. The molecular formula is C6H12N10. The van der Waals surface area contributed by atoms with Crippen molar-refractivity contribution in [3.8, 4) is 0 Å². The molecule has 2 aromatic heterocycles. The van der Waals surface area contributed by atoms with Crippen molar-refractivity contribution in [2.24, 2.45) is 5.84 Å². The van der Waals surface area contributed by atoms with Crippen LogP contribution in [0.1, 0.15) is 12.2 Å². The number of nitrogens with two attached hydrogens (primary N) is 2. The molecule has 0 fully saturated rings. The van der Waals surface area contributed by atoms with Crippen LogP contribution in [0.2, 0.25) is 0 Å². The maximum atomic E-state index is 5.72. The number of aryl methyl sites for hydroxylation is 1. The van der Waals surface area contributed by atoms with Crippen LogP contribution in [0.15, 0.2) is 0 Å². The number of hydrogen-bond donors (Lipinski definition) is 4. The van der Waals surface area contributed by atoms with E-state index in [1.165, 1.54) is 5.01 Å². The van der Waals surface area contributed by atoms with Gasteiger partial charge in [0.15, 0.2) is 5.82 Å². The average molecular weight is 224 g/mol. The molecule has 0 atom stereocenters. The van der Waals surface area contributed by atoms with E-state index < -0.39 is 0 Å². The van der Waals surface area contributed by atoms with Crippen LogP contribution in [0.3, 0.4) is 0 Å². The van der Waals surface area contributed by atoms with Crippen molar-refractivity contribution >= 4 is 11.9 Å². The molecule has 0 unspecified atom stereocenters. The summed E-state index contributed by atoms with van der Waals surface area (Å²) in [6.45, 7) is 0.575. The lowest BCUT2D eigenvalue weighted by Crippen LogP contribution is -2.33. The summed E-state index contributed by atoms with van der Waals surface area (Å²) in [7, 11) is 0. The third-order valence-corrected chi connectivity index (χ3v) is 1.94. The molecule has 2 heterocycles. The molecule has 2 aromatic rings. The number of aromatic nitrogens is 7. The fraction of sp³-hybridized carbons (Fsp3) is 0.500. The Kier molecular flexibility index (Phi) is 2.91. The Morgan fingerprint density at radius 1 is 1.31 bits per heavy atom. The molecule has 0 aliphatic heterocycles. The number of tetrazole rings is 1. The summed E-state index contributed by atoms with van der Waals surface area (Å²) in [6, 6.07) is 0. The zero-order valence-electron chi connectivity index (χ0n) is 8.46. The standard InChI is InChI=1S/C6H12N10/c7-5-9-6(13-12-5)16(8)3-1-2-4-10-14-15-11-4/h1-3,8H2,(H3,7,9,12,13)(H,10,11,14,15). The van der Waals surface area contributed by atoms with Gasteiger partial charge in [-0.2, -0.15) is 10.2 Å². The van der Waals surface area contributed by atoms with E-state index in [1.54, 1.807) is 0 Å². The van der Waals surface area contributed by atoms with Gasteiger partial charge < -0.3 is 5.73 Å². The fourth-order valence-electron chi connectivity index (χ4n) is 1.19. The van der Waals surface area contributed by atoms with E-state index in [4.69, 9.17) is 11.6 Å². The largest absolute Gasteiger partial charge is 0.368 e. The van der Waals surface area contributed by atoms with Crippen molar-refractivity contribution in [2.75, 3.05) is 17.3 Å². The summed E-state index contributed by atoms with van der Waals surface area (Å²) in [5.74, 6) is 6.98. The number of nitrogens with zero attached hydrogens (tertiary/aromatic N) is 6. The van der Waals surface area contributed by atoms with Crippen molar-refractivity contribution in [3.63, 3.8) is 0 Å². The summed E-state index contributed by atoms with van der Waals surface area (Å²) < 4.78 is 0. The highest BCUT2D eigenvalue weighted by atomic mass is 15.5. The zero-order valence-corrected chi connectivity index (χ0v) is 8.46. The maximum absolute atomic E-state index is 5.72. The van der Waals surface area contributed by atoms with Gasteiger partial charge in [0.2, 0.25) is 5.95 Å². The van der Waals surface area contributed by atoms with Crippen LogP contribution in [0, 0.1) is 0 Å². The SMILES string of the molecule is Nc1nc(N(N)CCCc2nn[nH]n2)n[nH]1. The highest BCUT2D eigenvalue weighted by Crippen LogP contribution is 2.04. The second-order valence-corrected chi connectivity index (χ2v) is 3.15. The van der Waals surface area contributed by atoms with Gasteiger partial charge in [-0.25, -0.2) is 10.9 Å². The third kappa shape index (κ3) is 2.42. The molecule has 2 rings (SSSR count). The molecule has 0 aromatic carbocycles. The molecular weight excluding hydrogens is 212 g/mol. The number of aromatic amines is 2. The van der Waals surface area contributed by atoms with E-state index in [9.17, 15) is 0 Å². The fourth-order valence-corrected chi connectivity index (χ4v) is 1.19. The van der Waals surface area contributed by atoms with Crippen molar-refractivity contribution in [1.82, 2.24) is 35.8 Å². The van der Waals surface area contributed by atoms with Crippen molar-refractivity contribution in [3.05, 3.63) is 5.82 Å². The molecule has 86 valence electrons. The molecule has 0 bridgehead atoms. The minimum Gasteiger partial charge on any atom is -0.368 e. The van der Waals surface area contributed by atoms with E-state index in [2.05, 4.69) is 35.8 Å². The minimum absolute atomic E-state index is 0.239. The van der Waals surface area contributed by atoms with Gasteiger partial charge in [-0.05, 0) is 6.42 Å². The average Bonchev–Trinajstić information content (AvgIpc) is 2.89. The molecule has 0 spiro atoms. The van der Waals surface area contributed by atoms with Crippen LogP contribution in [0.5, 0.6) is 0 Å². The predicted octanol–water partition coefficient (Wildman–Crippen LogP) is -1.79. The molecule has 10 heteroatoms. The lowest BCUT2D eigenvalue weighted by molar-refractivity contribution is 0.714. The number of rotatable bonds is 5. The molecule has 10 nitrogen and oxygen atoms in total. The van der Waals surface area contributed by atoms with E-state index in [1.807, 2.05) is 0 Å². The Morgan fingerprint density at radius 3 is 2.81 bits per heavy atom. The summed E-state index contributed by atoms with van der Waals surface area (Å²) >= 11 is 0. The molecule has 6 N–H and O–H groups in total. The Labute approximate surface area is 90.4 Å². The van der Waals surface area contributed by atoms with Crippen molar-refractivity contribution in [2.45, 2.75) is 12.8 Å². The first-order chi connectivity index (χ1) is 7.75. The van der Waals surface area contributed by atoms with E-state index in [-0.39, 0.29) is 5.95 Å². The van der Waals surface area contributed by atoms with Crippen molar-refractivity contribution < 1.29 is 0 Å². The first kappa shape index (κ1) is 10.3. The molecule has 0 saturated carbocycles. The predicted molar refractivity (Wildman–Crippen MR) is 54.8 cm³/mol. The summed E-state index contributed by atoms with van der Waals surface area (Å²) in [6.07, 6.45) is 1.45. The van der Waals surface area contributed by atoms with Crippen LogP contribution in [-0.2, 0) is 6.42 Å². The first-order valence-electron chi connectivity index (χ1n) is 4.68. The lowest BCUT2D eigenvalue weighted by Gasteiger charge is -2.12. The second kappa shape index (κ2) is 4.53. The third-order valence-electron chi connectivity index (χ3n) is 1.94. The smallest absolute Gasteiger partial charge is 0.260 e. The first-order valence-corrected chi connectivity index (χ1v) is 4.68. The summed E-state index contributed by atoms with van der Waals surface area (Å²) in [5, 5.41) is 21.2. The quantitative estimate of drug-likeness (QED) is 0.343. The van der Waals surface area contributed by atoms with Crippen LogP contribution in [0.25, 0.3) is 0 Å². The van der Waals surface area contributed by atoms with Gasteiger partial charge in [0, 0.05) is 13.0 Å². The Bertz CT molecular complexity index is 418. The van der Waals surface area contributed by atoms with E-state index >= 15 is 0 Å². The monoisotopic (exact) mass is 224 g/mol. The van der Waals surface area contributed by atoms with Gasteiger partial charge in [-0.15, -0.1) is 15.3 Å². The van der Waals surface area contributed by atoms with Gasteiger partial charge in [0.1, 0.15) is 0 Å². The van der Waals surface area contributed by atoms with Crippen LogP contribution >= 0.6 is 0 Å². The topological polar surface area (TPSA) is 151 Å².